The summed E-state index contributed by atoms with van der Waals surface area (Å²) < 4.78 is 5.23. The topological polar surface area (TPSA) is 35.2 Å². The Morgan fingerprint density at radius 2 is 2.12 bits per heavy atom. The van der Waals surface area contributed by atoms with Gasteiger partial charge in [0.15, 0.2) is 0 Å². The second-order valence-corrected chi connectivity index (χ2v) is 4.51. The molecule has 0 spiro atoms. The van der Waals surface area contributed by atoms with E-state index in [0.29, 0.717) is 0 Å². The molecule has 0 aromatic heterocycles. The monoisotopic (exact) mass is 241 g/mol. The van der Waals surface area contributed by atoms with Crippen LogP contribution in [0.1, 0.15) is 36.4 Å². The standard InChI is InChI=1S/C13H19NO.ClH/c1-9-7-11(5-6-13(9)15-2)12(14)8-10-3-4-10;/h5-7,10,12H,3-4,8,14H2,1-2H3;1H/t12-;/m0./s1. The van der Waals surface area contributed by atoms with Crippen LogP contribution in [0.4, 0.5) is 0 Å². The van der Waals surface area contributed by atoms with Gasteiger partial charge in [-0.2, -0.15) is 0 Å². The molecule has 1 aliphatic carbocycles. The highest BCUT2D eigenvalue weighted by Gasteiger charge is 2.24. The van der Waals surface area contributed by atoms with Crippen LogP contribution in [0.2, 0.25) is 0 Å². The first-order valence-electron chi connectivity index (χ1n) is 5.61. The molecule has 2 N–H and O–H groups in total. The third-order valence-electron chi connectivity index (χ3n) is 3.13. The van der Waals surface area contributed by atoms with Crippen LogP contribution >= 0.6 is 12.4 Å². The van der Waals surface area contributed by atoms with E-state index in [-0.39, 0.29) is 18.4 Å². The highest BCUT2D eigenvalue weighted by molar-refractivity contribution is 5.85. The fraction of sp³-hybridized carbons (Fsp3) is 0.538. The Balaban J connectivity index is 0.00000128. The Morgan fingerprint density at radius 1 is 1.44 bits per heavy atom. The zero-order valence-corrected chi connectivity index (χ0v) is 10.7. The van der Waals surface area contributed by atoms with Crippen molar-refractivity contribution in [3.63, 3.8) is 0 Å². The van der Waals surface area contributed by atoms with Gasteiger partial charge in [0, 0.05) is 6.04 Å². The lowest BCUT2D eigenvalue weighted by atomic mass is 10.00. The van der Waals surface area contributed by atoms with Crippen molar-refractivity contribution in [1.29, 1.82) is 0 Å². The lowest BCUT2D eigenvalue weighted by Gasteiger charge is -2.13. The molecule has 16 heavy (non-hydrogen) atoms. The van der Waals surface area contributed by atoms with E-state index >= 15 is 0 Å². The number of ether oxygens (including phenoxy) is 1. The van der Waals surface area contributed by atoms with Crippen LogP contribution in [0, 0.1) is 12.8 Å². The smallest absolute Gasteiger partial charge is 0.121 e. The van der Waals surface area contributed by atoms with Gasteiger partial charge in [-0.1, -0.05) is 25.0 Å². The number of hydrogen-bond acceptors (Lipinski definition) is 2. The summed E-state index contributed by atoms with van der Waals surface area (Å²) in [6.45, 7) is 2.06. The molecule has 0 heterocycles. The van der Waals surface area contributed by atoms with Gasteiger partial charge in [0.25, 0.3) is 0 Å². The first kappa shape index (κ1) is 13.3. The highest BCUT2D eigenvalue weighted by atomic mass is 35.5. The van der Waals surface area contributed by atoms with E-state index in [4.69, 9.17) is 10.5 Å². The third-order valence-corrected chi connectivity index (χ3v) is 3.13. The third kappa shape index (κ3) is 3.13. The quantitative estimate of drug-likeness (QED) is 0.879. The molecule has 0 radical (unpaired) electrons. The van der Waals surface area contributed by atoms with E-state index in [1.54, 1.807) is 7.11 Å². The Kier molecular flexibility index (Phi) is 4.63. The van der Waals surface area contributed by atoms with Crippen LogP contribution < -0.4 is 10.5 Å². The van der Waals surface area contributed by atoms with Crippen LogP contribution in [0.3, 0.4) is 0 Å². The predicted molar refractivity (Wildman–Crippen MR) is 69.2 cm³/mol. The van der Waals surface area contributed by atoms with Gasteiger partial charge in [0.2, 0.25) is 0 Å². The molecule has 0 unspecified atom stereocenters. The molecule has 1 aliphatic rings. The van der Waals surface area contributed by atoms with Crippen molar-refractivity contribution >= 4 is 12.4 Å². The summed E-state index contributed by atoms with van der Waals surface area (Å²) in [5.41, 5.74) is 8.56. The van der Waals surface area contributed by atoms with Gasteiger partial charge >= 0.3 is 0 Å². The van der Waals surface area contributed by atoms with Gasteiger partial charge < -0.3 is 10.5 Å². The van der Waals surface area contributed by atoms with E-state index < -0.39 is 0 Å². The van der Waals surface area contributed by atoms with Crippen molar-refractivity contribution in [2.45, 2.75) is 32.2 Å². The van der Waals surface area contributed by atoms with Gasteiger partial charge in [0.1, 0.15) is 5.75 Å². The summed E-state index contributed by atoms with van der Waals surface area (Å²) in [5.74, 6) is 1.82. The molecule has 1 fully saturated rings. The number of rotatable bonds is 4. The van der Waals surface area contributed by atoms with E-state index in [2.05, 4.69) is 19.1 Å². The highest BCUT2D eigenvalue weighted by Crippen LogP contribution is 2.37. The second-order valence-electron chi connectivity index (χ2n) is 4.51. The fourth-order valence-electron chi connectivity index (χ4n) is 1.98. The maximum atomic E-state index is 6.16. The normalized spacial score (nSPS) is 16.4. The number of halogens is 1. The summed E-state index contributed by atoms with van der Waals surface area (Å²) >= 11 is 0. The number of hydrogen-bond donors (Lipinski definition) is 1. The molecular formula is C13H20ClNO. The van der Waals surface area contributed by atoms with Crippen molar-refractivity contribution in [3.05, 3.63) is 29.3 Å². The molecule has 0 amide bonds. The minimum Gasteiger partial charge on any atom is -0.496 e. The molecule has 1 aromatic carbocycles. The molecule has 1 aromatic rings. The zero-order chi connectivity index (χ0) is 10.8. The number of aryl methyl sites for hydroxylation is 1. The summed E-state index contributed by atoms with van der Waals surface area (Å²) in [7, 11) is 1.70. The molecule has 1 atom stereocenters. The van der Waals surface area contributed by atoms with E-state index in [1.165, 1.54) is 24.0 Å². The molecule has 0 saturated heterocycles. The van der Waals surface area contributed by atoms with Gasteiger partial charge in [-0.15, -0.1) is 12.4 Å². The lowest BCUT2D eigenvalue weighted by molar-refractivity contribution is 0.411. The Morgan fingerprint density at radius 3 is 2.62 bits per heavy atom. The van der Waals surface area contributed by atoms with Crippen LogP contribution in [-0.2, 0) is 0 Å². The fourth-order valence-corrected chi connectivity index (χ4v) is 1.98. The summed E-state index contributed by atoms with van der Waals surface area (Å²) in [4.78, 5) is 0. The van der Waals surface area contributed by atoms with Gasteiger partial charge in [-0.05, 0) is 36.5 Å². The van der Waals surface area contributed by atoms with Gasteiger partial charge in [-0.3, -0.25) is 0 Å². The molecule has 3 heteroatoms. The summed E-state index contributed by atoms with van der Waals surface area (Å²) in [5, 5.41) is 0. The average Bonchev–Trinajstić information content (AvgIpc) is 3.01. The van der Waals surface area contributed by atoms with E-state index in [0.717, 1.165) is 18.1 Å². The van der Waals surface area contributed by atoms with Gasteiger partial charge in [0.05, 0.1) is 7.11 Å². The average molecular weight is 242 g/mol. The second kappa shape index (κ2) is 5.55. The molecule has 2 rings (SSSR count). The number of benzene rings is 1. The van der Waals surface area contributed by atoms with Crippen molar-refractivity contribution < 1.29 is 4.74 Å². The first-order valence-corrected chi connectivity index (χ1v) is 5.61. The zero-order valence-electron chi connectivity index (χ0n) is 9.90. The molecule has 0 bridgehead atoms. The van der Waals surface area contributed by atoms with Crippen LogP contribution in [0.5, 0.6) is 5.75 Å². The van der Waals surface area contributed by atoms with Crippen molar-refractivity contribution in [1.82, 2.24) is 0 Å². The Hall–Kier alpha value is -0.730. The maximum Gasteiger partial charge on any atom is 0.121 e. The van der Waals surface area contributed by atoms with Crippen molar-refractivity contribution in [2.75, 3.05) is 7.11 Å². The Bertz CT molecular complexity index is 350. The summed E-state index contributed by atoms with van der Waals surface area (Å²) in [6.07, 6.45) is 3.86. The number of nitrogens with two attached hydrogens (primary N) is 1. The minimum absolute atomic E-state index is 0. The first-order chi connectivity index (χ1) is 7.20. The largest absolute Gasteiger partial charge is 0.496 e. The molecule has 1 saturated carbocycles. The van der Waals surface area contributed by atoms with Crippen molar-refractivity contribution in [2.24, 2.45) is 11.7 Å². The van der Waals surface area contributed by atoms with Crippen LogP contribution in [-0.4, -0.2) is 7.11 Å². The molecule has 90 valence electrons. The predicted octanol–water partition coefficient (Wildman–Crippen LogP) is 3.23. The van der Waals surface area contributed by atoms with Gasteiger partial charge in [-0.25, -0.2) is 0 Å². The van der Waals surface area contributed by atoms with Crippen molar-refractivity contribution in [3.8, 4) is 5.75 Å². The summed E-state index contributed by atoms with van der Waals surface area (Å²) in [6, 6.07) is 6.43. The van der Waals surface area contributed by atoms with E-state index in [1.807, 2.05) is 6.07 Å². The number of methoxy groups -OCH3 is 1. The molecule has 0 aliphatic heterocycles. The Labute approximate surface area is 104 Å². The van der Waals surface area contributed by atoms with Crippen LogP contribution in [0.25, 0.3) is 0 Å². The SMILES string of the molecule is COc1ccc([C@@H](N)CC2CC2)cc1C.Cl. The minimum atomic E-state index is 0. The molecule has 2 nitrogen and oxygen atoms in total. The molecular weight excluding hydrogens is 222 g/mol. The van der Waals surface area contributed by atoms with Crippen LogP contribution in [0.15, 0.2) is 18.2 Å². The maximum absolute atomic E-state index is 6.16. The lowest BCUT2D eigenvalue weighted by Crippen LogP contribution is -2.11. The van der Waals surface area contributed by atoms with E-state index in [9.17, 15) is 0 Å².